The molecule has 0 aliphatic heterocycles. The van der Waals surface area contributed by atoms with E-state index in [2.05, 4.69) is 15.0 Å². The molecule has 10 heteroatoms. The van der Waals surface area contributed by atoms with Gasteiger partial charge >= 0.3 is 11.4 Å². The fraction of sp³-hybridized carbons (Fsp3) is 0.412. The SMILES string of the molecule is N#Cc1cn(CCCCCCCc2[nH]c(=O)[nH]c(=O)c2C=N)c(=O)[nH]c1=O. The van der Waals surface area contributed by atoms with Crippen LogP contribution >= 0.6 is 0 Å². The first-order valence-electron chi connectivity index (χ1n) is 8.56. The number of rotatable bonds is 9. The zero-order chi connectivity index (χ0) is 19.8. The Bertz CT molecular complexity index is 1080. The lowest BCUT2D eigenvalue weighted by Gasteiger charge is -2.06. The molecule has 10 nitrogen and oxygen atoms in total. The molecule has 0 bridgehead atoms. The van der Waals surface area contributed by atoms with Gasteiger partial charge < -0.3 is 10.4 Å². The van der Waals surface area contributed by atoms with Crippen LogP contribution in [0.25, 0.3) is 0 Å². The normalized spacial score (nSPS) is 10.5. The topological polar surface area (TPSA) is 168 Å². The van der Waals surface area contributed by atoms with Crippen LogP contribution in [-0.2, 0) is 13.0 Å². The minimum atomic E-state index is -0.680. The van der Waals surface area contributed by atoms with Gasteiger partial charge in [-0.15, -0.1) is 0 Å². The standard InChI is InChI=1S/C17H20N6O4/c18-8-11-10-23(17(27)22-14(11)24)7-5-3-1-2-4-6-13-12(9-19)15(25)21-16(26)20-13/h9-10,19H,1-7H2,(H,22,24,27)(H2,20,21,25,26). The molecular formula is C17H20N6O4. The molecule has 0 aromatic carbocycles. The molecule has 0 unspecified atom stereocenters. The maximum Gasteiger partial charge on any atom is 0.328 e. The molecule has 0 saturated carbocycles. The van der Waals surface area contributed by atoms with Gasteiger partial charge in [-0.25, -0.2) is 9.59 Å². The van der Waals surface area contributed by atoms with E-state index in [0.29, 0.717) is 25.1 Å². The second-order valence-corrected chi connectivity index (χ2v) is 6.07. The highest BCUT2D eigenvalue weighted by molar-refractivity contribution is 5.77. The van der Waals surface area contributed by atoms with Crippen molar-refractivity contribution in [2.24, 2.45) is 0 Å². The molecule has 0 radical (unpaired) electrons. The Morgan fingerprint density at radius 3 is 2.41 bits per heavy atom. The van der Waals surface area contributed by atoms with Gasteiger partial charge in [0.2, 0.25) is 0 Å². The first-order valence-corrected chi connectivity index (χ1v) is 8.56. The second kappa shape index (κ2) is 9.28. The smallest absolute Gasteiger partial charge is 0.311 e. The summed E-state index contributed by atoms with van der Waals surface area (Å²) in [7, 11) is 0. The molecule has 0 fully saturated rings. The Kier molecular flexibility index (Phi) is 6.82. The first-order chi connectivity index (χ1) is 13.0. The molecular weight excluding hydrogens is 352 g/mol. The predicted octanol–water partition coefficient (Wildman–Crippen LogP) is -0.0242. The van der Waals surface area contributed by atoms with Crippen molar-refractivity contribution in [3.63, 3.8) is 0 Å². The molecule has 0 aliphatic rings. The van der Waals surface area contributed by atoms with Crippen molar-refractivity contribution in [1.29, 1.82) is 10.7 Å². The number of aromatic amines is 3. The molecule has 0 spiro atoms. The minimum absolute atomic E-state index is 0.0940. The summed E-state index contributed by atoms with van der Waals surface area (Å²) in [6, 6.07) is 1.74. The van der Waals surface area contributed by atoms with Gasteiger partial charge in [0.05, 0.1) is 5.56 Å². The monoisotopic (exact) mass is 372 g/mol. The molecule has 2 heterocycles. The third-order valence-electron chi connectivity index (χ3n) is 4.16. The van der Waals surface area contributed by atoms with E-state index in [0.717, 1.165) is 31.9 Å². The number of hydrogen-bond donors (Lipinski definition) is 4. The molecule has 2 aromatic rings. The van der Waals surface area contributed by atoms with Gasteiger partial charge in [-0.3, -0.25) is 24.1 Å². The van der Waals surface area contributed by atoms with Crippen LogP contribution in [0.3, 0.4) is 0 Å². The summed E-state index contributed by atoms with van der Waals surface area (Å²) >= 11 is 0. The zero-order valence-corrected chi connectivity index (χ0v) is 14.6. The Morgan fingerprint density at radius 2 is 1.70 bits per heavy atom. The number of aromatic nitrogens is 4. The van der Waals surface area contributed by atoms with Crippen molar-refractivity contribution in [3.05, 3.63) is 64.7 Å². The van der Waals surface area contributed by atoms with E-state index in [1.807, 2.05) is 0 Å². The number of nitrogens with zero attached hydrogens (tertiary/aromatic N) is 2. The average molecular weight is 372 g/mol. The molecule has 4 N–H and O–H groups in total. The van der Waals surface area contributed by atoms with Gasteiger partial charge in [-0.05, 0) is 19.3 Å². The van der Waals surface area contributed by atoms with Crippen molar-refractivity contribution in [3.8, 4) is 6.07 Å². The molecule has 142 valence electrons. The van der Waals surface area contributed by atoms with Crippen molar-refractivity contribution >= 4 is 6.21 Å². The maximum atomic E-state index is 11.7. The van der Waals surface area contributed by atoms with Crippen molar-refractivity contribution in [2.75, 3.05) is 0 Å². The van der Waals surface area contributed by atoms with Crippen LogP contribution in [0.4, 0.5) is 0 Å². The molecule has 0 aliphatic carbocycles. The van der Waals surface area contributed by atoms with Gasteiger partial charge in [-0.2, -0.15) is 5.26 Å². The van der Waals surface area contributed by atoms with E-state index in [-0.39, 0.29) is 11.1 Å². The van der Waals surface area contributed by atoms with Crippen LogP contribution in [-0.4, -0.2) is 25.7 Å². The number of nitrogens with one attached hydrogen (secondary N) is 4. The number of nitriles is 1. The van der Waals surface area contributed by atoms with E-state index in [4.69, 9.17) is 10.7 Å². The van der Waals surface area contributed by atoms with E-state index < -0.39 is 22.5 Å². The summed E-state index contributed by atoms with van der Waals surface area (Å²) in [4.78, 5) is 52.7. The fourth-order valence-electron chi connectivity index (χ4n) is 2.76. The largest absolute Gasteiger partial charge is 0.328 e. The molecule has 0 atom stereocenters. The summed E-state index contributed by atoms with van der Waals surface area (Å²) < 4.78 is 1.32. The van der Waals surface area contributed by atoms with Crippen LogP contribution in [0.5, 0.6) is 0 Å². The summed E-state index contributed by atoms with van der Waals surface area (Å²) in [5, 5.41) is 16.1. The first kappa shape index (κ1) is 19.8. The third kappa shape index (κ3) is 5.24. The molecule has 2 rings (SSSR count). The Hall–Kier alpha value is -3.48. The summed E-state index contributed by atoms with van der Waals surface area (Å²) in [5.74, 6) is 0. The predicted molar refractivity (Wildman–Crippen MR) is 98.4 cm³/mol. The minimum Gasteiger partial charge on any atom is -0.311 e. The van der Waals surface area contributed by atoms with E-state index in [9.17, 15) is 19.2 Å². The van der Waals surface area contributed by atoms with Gasteiger partial charge in [0.25, 0.3) is 11.1 Å². The quantitative estimate of drug-likeness (QED) is 0.357. The number of hydrogen-bond acceptors (Lipinski definition) is 6. The highest BCUT2D eigenvalue weighted by Gasteiger charge is 2.07. The fourth-order valence-corrected chi connectivity index (χ4v) is 2.76. The maximum absolute atomic E-state index is 11.7. The highest BCUT2D eigenvalue weighted by atomic mass is 16.2. The van der Waals surface area contributed by atoms with Gasteiger partial charge in [0.15, 0.2) is 0 Å². The van der Waals surface area contributed by atoms with Crippen LogP contribution in [0, 0.1) is 16.7 Å². The molecule has 27 heavy (non-hydrogen) atoms. The van der Waals surface area contributed by atoms with Crippen LogP contribution in [0.1, 0.15) is 48.9 Å². The number of unbranched alkanes of at least 4 members (excludes halogenated alkanes) is 4. The third-order valence-corrected chi connectivity index (χ3v) is 4.16. The second-order valence-electron chi connectivity index (χ2n) is 6.07. The van der Waals surface area contributed by atoms with E-state index in [1.54, 1.807) is 6.07 Å². The lowest BCUT2D eigenvalue weighted by atomic mass is 10.1. The van der Waals surface area contributed by atoms with Gasteiger partial charge in [-0.1, -0.05) is 19.3 Å². The Balaban J connectivity index is 1.78. The van der Waals surface area contributed by atoms with E-state index in [1.165, 1.54) is 10.8 Å². The van der Waals surface area contributed by atoms with Gasteiger partial charge in [0, 0.05) is 24.7 Å². The lowest BCUT2D eigenvalue weighted by molar-refractivity contribution is 0.542. The summed E-state index contributed by atoms with van der Waals surface area (Å²) in [5.41, 5.74) is -1.82. The van der Waals surface area contributed by atoms with Crippen LogP contribution < -0.4 is 22.5 Å². The van der Waals surface area contributed by atoms with Crippen molar-refractivity contribution in [2.45, 2.75) is 45.1 Å². The molecule has 0 amide bonds. The molecule has 2 aromatic heterocycles. The molecule has 0 saturated heterocycles. The Labute approximate surface area is 153 Å². The van der Waals surface area contributed by atoms with Gasteiger partial charge in [0.1, 0.15) is 11.6 Å². The number of H-pyrrole nitrogens is 3. The lowest BCUT2D eigenvalue weighted by Crippen LogP contribution is -2.31. The van der Waals surface area contributed by atoms with Crippen molar-refractivity contribution in [1.82, 2.24) is 19.5 Å². The summed E-state index contributed by atoms with van der Waals surface area (Å²) in [6.45, 7) is 0.406. The van der Waals surface area contributed by atoms with E-state index >= 15 is 0 Å². The van der Waals surface area contributed by atoms with Crippen LogP contribution in [0.15, 0.2) is 25.4 Å². The average Bonchev–Trinajstić information content (AvgIpc) is 2.62. The highest BCUT2D eigenvalue weighted by Crippen LogP contribution is 2.08. The Morgan fingerprint density at radius 1 is 1.00 bits per heavy atom. The summed E-state index contributed by atoms with van der Waals surface area (Å²) in [6.07, 6.45) is 6.74. The van der Waals surface area contributed by atoms with Crippen molar-refractivity contribution < 1.29 is 0 Å². The zero-order valence-electron chi connectivity index (χ0n) is 14.6. The van der Waals surface area contributed by atoms with Crippen LogP contribution in [0.2, 0.25) is 0 Å². The number of aryl methyl sites for hydroxylation is 2.